The van der Waals surface area contributed by atoms with E-state index in [9.17, 15) is 9.59 Å². The number of hydrogen-bond donors (Lipinski definition) is 3. The number of carbonyl (C=O) groups is 2. The number of carbonyl (C=O) groups excluding carboxylic acids is 1. The van der Waals surface area contributed by atoms with Gasteiger partial charge in [-0.25, -0.2) is 4.79 Å². The molecule has 1 rings (SSSR count). The first kappa shape index (κ1) is 15.7. The van der Waals surface area contributed by atoms with Gasteiger partial charge in [-0.2, -0.15) is 0 Å². The number of rotatable bonds is 6. The molecule has 0 aromatic heterocycles. The molecular weight excluding hydrogens is 250 g/mol. The van der Waals surface area contributed by atoms with Gasteiger partial charge in [0.25, 0.3) is 0 Å². The normalized spacial score (nSPS) is 19.5. The minimum Gasteiger partial charge on any atom is -0.481 e. The van der Waals surface area contributed by atoms with Crippen molar-refractivity contribution in [1.29, 1.82) is 0 Å². The van der Waals surface area contributed by atoms with Crippen LogP contribution in [0.2, 0.25) is 0 Å². The van der Waals surface area contributed by atoms with Gasteiger partial charge in [-0.15, -0.1) is 0 Å². The lowest BCUT2D eigenvalue weighted by Gasteiger charge is -2.29. The van der Waals surface area contributed by atoms with E-state index < -0.39 is 11.9 Å². The molecule has 1 saturated heterocycles. The van der Waals surface area contributed by atoms with Gasteiger partial charge in [0.2, 0.25) is 0 Å². The smallest absolute Gasteiger partial charge is 0.315 e. The number of nitrogens with zero attached hydrogens (tertiary/aromatic N) is 1. The van der Waals surface area contributed by atoms with Crippen LogP contribution >= 0.6 is 0 Å². The highest BCUT2D eigenvalue weighted by Gasteiger charge is 2.16. The molecule has 1 aliphatic rings. The average Bonchev–Trinajstić information content (AvgIpc) is 2.36. The molecule has 7 heteroatoms. The standard InChI is InChI=1S/C12H23N3O4/c1-9(11(16)17)7-13-12(18)14-10(2)8-15-3-5-19-6-4-15/h9-10H,3-8H2,1-2H3,(H,16,17)(H2,13,14,18). The molecule has 0 aliphatic carbocycles. The van der Waals surface area contributed by atoms with Gasteiger partial charge in [-0.3, -0.25) is 9.69 Å². The van der Waals surface area contributed by atoms with Gasteiger partial charge in [-0.05, 0) is 6.92 Å². The van der Waals surface area contributed by atoms with Gasteiger partial charge < -0.3 is 20.5 Å². The molecular formula is C12H23N3O4. The van der Waals surface area contributed by atoms with Crippen LogP contribution in [-0.4, -0.2) is 67.4 Å². The number of amides is 2. The highest BCUT2D eigenvalue weighted by atomic mass is 16.5. The number of morpholine rings is 1. The van der Waals surface area contributed by atoms with Gasteiger partial charge >= 0.3 is 12.0 Å². The Morgan fingerprint density at radius 1 is 1.32 bits per heavy atom. The Morgan fingerprint density at radius 2 is 1.95 bits per heavy atom. The van der Waals surface area contributed by atoms with Crippen molar-refractivity contribution < 1.29 is 19.4 Å². The quantitative estimate of drug-likeness (QED) is 0.619. The van der Waals surface area contributed by atoms with Crippen molar-refractivity contribution in [1.82, 2.24) is 15.5 Å². The molecule has 1 aliphatic heterocycles. The van der Waals surface area contributed by atoms with Crippen molar-refractivity contribution in [3.63, 3.8) is 0 Å². The molecule has 0 aromatic rings. The molecule has 0 radical (unpaired) electrons. The largest absolute Gasteiger partial charge is 0.481 e. The maximum absolute atomic E-state index is 11.6. The minimum atomic E-state index is -0.915. The summed E-state index contributed by atoms with van der Waals surface area (Å²) in [6.45, 7) is 7.60. The van der Waals surface area contributed by atoms with E-state index in [0.29, 0.717) is 0 Å². The van der Waals surface area contributed by atoms with Gasteiger partial charge in [0.15, 0.2) is 0 Å². The van der Waals surface area contributed by atoms with Crippen LogP contribution in [0.15, 0.2) is 0 Å². The first-order chi connectivity index (χ1) is 8.99. The fourth-order valence-electron chi connectivity index (χ4n) is 1.82. The second-order valence-corrected chi connectivity index (χ2v) is 4.91. The van der Waals surface area contributed by atoms with E-state index in [1.165, 1.54) is 0 Å². The van der Waals surface area contributed by atoms with E-state index >= 15 is 0 Å². The van der Waals surface area contributed by atoms with Crippen LogP contribution in [0.1, 0.15) is 13.8 Å². The summed E-state index contributed by atoms with van der Waals surface area (Å²) in [5.41, 5.74) is 0. The lowest BCUT2D eigenvalue weighted by atomic mass is 10.2. The second-order valence-electron chi connectivity index (χ2n) is 4.91. The van der Waals surface area contributed by atoms with E-state index in [-0.39, 0.29) is 18.6 Å². The number of carboxylic acid groups (broad SMARTS) is 1. The summed E-state index contributed by atoms with van der Waals surface area (Å²) in [4.78, 5) is 24.4. The second kappa shape index (κ2) is 7.96. The fourth-order valence-corrected chi connectivity index (χ4v) is 1.82. The lowest BCUT2D eigenvalue weighted by molar-refractivity contribution is -0.140. The Morgan fingerprint density at radius 3 is 2.53 bits per heavy atom. The highest BCUT2D eigenvalue weighted by molar-refractivity contribution is 5.75. The molecule has 2 unspecified atom stereocenters. The summed E-state index contributed by atoms with van der Waals surface area (Å²) in [5, 5.41) is 14.1. The molecule has 2 amide bonds. The third-order valence-corrected chi connectivity index (χ3v) is 3.00. The van der Waals surface area contributed by atoms with Crippen LogP contribution in [0.25, 0.3) is 0 Å². The predicted molar refractivity (Wildman–Crippen MR) is 70.1 cm³/mol. The zero-order valence-corrected chi connectivity index (χ0v) is 11.5. The van der Waals surface area contributed by atoms with Crippen LogP contribution in [0, 0.1) is 5.92 Å². The van der Waals surface area contributed by atoms with Crippen molar-refractivity contribution in [2.45, 2.75) is 19.9 Å². The first-order valence-electron chi connectivity index (χ1n) is 6.56. The van der Waals surface area contributed by atoms with Crippen molar-refractivity contribution in [2.24, 2.45) is 5.92 Å². The minimum absolute atomic E-state index is 0.0123. The van der Waals surface area contributed by atoms with Crippen molar-refractivity contribution >= 4 is 12.0 Å². The highest BCUT2D eigenvalue weighted by Crippen LogP contribution is 1.98. The van der Waals surface area contributed by atoms with Gasteiger partial charge in [0.05, 0.1) is 19.1 Å². The SMILES string of the molecule is CC(CN1CCOCC1)NC(=O)NCC(C)C(=O)O. The summed E-state index contributed by atoms with van der Waals surface area (Å²) >= 11 is 0. The van der Waals surface area contributed by atoms with Crippen LogP contribution in [-0.2, 0) is 9.53 Å². The molecule has 3 N–H and O–H groups in total. The average molecular weight is 273 g/mol. The topological polar surface area (TPSA) is 90.9 Å². The van der Waals surface area contributed by atoms with Crippen molar-refractivity contribution in [2.75, 3.05) is 39.4 Å². The van der Waals surface area contributed by atoms with Crippen LogP contribution in [0.5, 0.6) is 0 Å². The van der Waals surface area contributed by atoms with Crippen molar-refractivity contribution in [3.05, 3.63) is 0 Å². The Labute approximate surface area is 113 Å². The summed E-state index contributed by atoms with van der Waals surface area (Å²) in [6, 6.07) is -0.313. The van der Waals surface area contributed by atoms with E-state index in [4.69, 9.17) is 9.84 Å². The van der Waals surface area contributed by atoms with Gasteiger partial charge in [-0.1, -0.05) is 6.92 Å². The fraction of sp³-hybridized carbons (Fsp3) is 0.833. The molecule has 19 heavy (non-hydrogen) atoms. The van der Waals surface area contributed by atoms with Gasteiger partial charge in [0, 0.05) is 32.2 Å². The summed E-state index contributed by atoms with van der Waals surface area (Å²) in [7, 11) is 0. The molecule has 0 aromatic carbocycles. The summed E-state index contributed by atoms with van der Waals surface area (Å²) in [5.74, 6) is -1.50. The zero-order chi connectivity index (χ0) is 14.3. The van der Waals surface area contributed by atoms with Crippen LogP contribution in [0.3, 0.4) is 0 Å². The number of nitrogens with one attached hydrogen (secondary N) is 2. The molecule has 7 nitrogen and oxygen atoms in total. The van der Waals surface area contributed by atoms with Crippen LogP contribution < -0.4 is 10.6 Å². The third kappa shape index (κ3) is 6.40. The number of ether oxygens (including phenoxy) is 1. The number of hydrogen-bond acceptors (Lipinski definition) is 4. The summed E-state index contributed by atoms with van der Waals surface area (Å²) < 4.78 is 5.25. The maximum Gasteiger partial charge on any atom is 0.315 e. The monoisotopic (exact) mass is 273 g/mol. The maximum atomic E-state index is 11.6. The molecule has 2 atom stereocenters. The Hall–Kier alpha value is -1.34. The van der Waals surface area contributed by atoms with E-state index in [1.807, 2.05) is 6.92 Å². The molecule has 0 saturated carbocycles. The molecule has 0 spiro atoms. The van der Waals surface area contributed by atoms with E-state index in [2.05, 4.69) is 15.5 Å². The molecule has 1 fully saturated rings. The number of aliphatic carboxylic acids is 1. The number of urea groups is 1. The van der Waals surface area contributed by atoms with E-state index in [0.717, 1.165) is 32.8 Å². The lowest BCUT2D eigenvalue weighted by Crippen LogP contribution is -2.49. The predicted octanol–water partition coefficient (Wildman–Crippen LogP) is -0.273. The molecule has 0 bridgehead atoms. The van der Waals surface area contributed by atoms with E-state index in [1.54, 1.807) is 6.92 Å². The Kier molecular flexibility index (Phi) is 6.58. The molecule has 1 heterocycles. The first-order valence-corrected chi connectivity index (χ1v) is 6.56. The summed E-state index contributed by atoms with van der Waals surface area (Å²) in [6.07, 6.45) is 0. The van der Waals surface area contributed by atoms with Gasteiger partial charge in [0.1, 0.15) is 0 Å². The number of carboxylic acids is 1. The Bertz CT molecular complexity index is 305. The van der Waals surface area contributed by atoms with Crippen LogP contribution in [0.4, 0.5) is 4.79 Å². The Balaban J connectivity index is 2.18. The third-order valence-electron chi connectivity index (χ3n) is 3.00. The van der Waals surface area contributed by atoms with Crippen molar-refractivity contribution in [3.8, 4) is 0 Å². The molecule has 110 valence electrons. The zero-order valence-electron chi connectivity index (χ0n) is 11.5.